The molecule has 0 fully saturated rings. The van der Waals surface area contributed by atoms with Gasteiger partial charge in [0, 0.05) is 10.6 Å². The molecule has 130 valence electrons. The van der Waals surface area contributed by atoms with E-state index >= 15 is 0 Å². The van der Waals surface area contributed by atoms with E-state index in [1.807, 2.05) is 0 Å². The predicted molar refractivity (Wildman–Crippen MR) is 94.3 cm³/mol. The summed E-state index contributed by atoms with van der Waals surface area (Å²) < 4.78 is 21.6. The van der Waals surface area contributed by atoms with E-state index in [-0.39, 0.29) is 11.1 Å². The number of fused-ring (bicyclic) bond motifs is 1. The number of rotatable bonds is 4. The monoisotopic (exact) mass is 362 g/mol. The van der Waals surface area contributed by atoms with Crippen molar-refractivity contribution in [1.82, 2.24) is 0 Å². The van der Waals surface area contributed by atoms with Crippen LogP contribution in [-0.2, 0) is 0 Å². The molecule has 0 spiro atoms. The fourth-order valence-corrected chi connectivity index (χ4v) is 2.74. The number of hydrogen-bond acceptors (Lipinski definition) is 6. The van der Waals surface area contributed by atoms with Gasteiger partial charge in [-0.05, 0) is 30.3 Å². The maximum absolute atomic E-state index is 12.5. The van der Waals surface area contributed by atoms with Gasteiger partial charge in [-0.25, -0.2) is 0 Å². The third-order valence-corrected chi connectivity index (χ3v) is 3.99. The summed E-state index contributed by atoms with van der Waals surface area (Å²) in [6.07, 6.45) is 0. The van der Waals surface area contributed by atoms with Crippen molar-refractivity contribution in [2.75, 3.05) is 21.3 Å². The molecule has 0 radical (unpaired) electrons. The lowest BCUT2D eigenvalue weighted by Gasteiger charge is -2.14. The highest BCUT2D eigenvalue weighted by Crippen LogP contribution is 2.43. The van der Waals surface area contributed by atoms with Crippen molar-refractivity contribution in [3.05, 3.63) is 45.6 Å². The van der Waals surface area contributed by atoms with Gasteiger partial charge in [-0.15, -0.1) is 0 Å². The third kappa shape index (κ3) is 2.85. The smallest absolute Gasteiger partial charge is 0.235 e. The molecular weight excluding hydrogens is 348 g/mol. The minimum Gasteiger partial charge on any atom is -0.502 e. The molecule has 0 aliphatic heterocycles. The van der Waals surface area contributed by atoms with E-state index in [4.69, 9.17) is 30.2 Å². The summed E-state index contributed by atoms with van der Waals surface area (Å²) >= 11 is 5.90. The Balaban J connectivity index is 2.31. The average Bonchev–Trinajstić information content (AvgIpc) is 2.63. The quantitative estimate of drug-likeness (QED) is 0.759. The molecule has 0 aliphatic carbocycles. The number of hydrogen-bond donors (Lipinski definition) is 1. The van der Waals surface area contributed by atoms with E-state index in [0.29, 0.717) is 33.4 Å². The molecule has 1 heterocycles. The molecule has 0 aliphatic rings. The van der Waals surface area contributed by atoms with Gasteiger partial charge in [0.15, 0.2) is 17.3 Å². The Kier molecular flexibility index (Phi) is 4.46. The Labute approximate surface area is 148 Å². The molecule has 0 saturated carbocycles. The second kappa shape index (κ2) is 6.57. The summed E-state index contributed by atoms with van der Waals surface area (Å²) in [5.41, 5.74) is 0.129. The van der Waals surface area contributed by atoms with Gasteiger partial charge in [0.1, 0.15) is 5.58 Å². The molecule has 2 aromatic carbocycles. The highest BCUT2D eigenvalue weighted by atomic mass is 35.5. The zero-order valence-corrected chi connectivity index (χ0v) is 14.5. The van der Waals surface area contributed by atoms with Crippen LogP contribution in [0, 0.1) is 0 Å². The molecule has 1 aromatic heterocycles. The zero-order chi connectivity index (χ0) is 18.1. The van der Waals surface area contributed by atoms with E-state index in [0.717, 1.165) is 0 Å². The lowest BCUT2D eigenvalue weighted by atomic mass is 10.1. The molecule has 3 rings (SSSR count). The summed E-state index contributed by atoms with van der Waals surface area (Å²) in [4.78, 5) is 12.5. The van der Waals surface area contributed by atoms with Gasteiger partial charge < -0.3 is 23.7 Å². The maximum Gasteiger partial charge on any atom is 0.235 e. The Morgan fingerprint density at radius 2 is 1.64 bits per heavy atom. The Morgan fingerprint density at radius 1 is 1.00 bits per heavy atom. The molecule has 0 saturated heterocycles. The molecule has 3 aromatic rings. The normalized spacial score (nSPS) is 10.7. The Hall–Kier alpha value is -2.86. The fraction of sp³-hybridized carbons (Fsp3) is 0.167. The van der Waals surface area contributed by atoms with E-state index in [9.17, 15) is 9.90 Å². The van der Waals surface area contributed by atoms with Crippen molar-refractivity contribution in [3.63, 3.8) is 0 Å². The van der Waals surface area contributed by atoms with E-state index in [1.165, 1.54) is 27.4 Å². The Morgan fingerprint density at radius 3 is 2.20 bits per heavy atom. The fourth-order valence-electron chi connectivity index (χ4n) is 2.57. The van der Waals surface area contributed by atoms with Gasteiger partial charge >= 0.3 is 0 Å². The third-order valence-electron chi connectivity index (χ3n) is 3.76. The van der Waals surface area contributed by atoms with Crippen molar-refractivity contribution >= 4 is 22.6 Å². The van der Waals surface area contributed by atoms with E-state index < -0.39 is 11.2 Å². The van der Waals surface area contributed by atoms with Gasteiger partial charge in [0.25, 0.3) is 0 Å². The van der Waals surface area contributed by atoms with Gasteiger partial charge in [-0.2, -0.15) is 0 Å². The second-order valence-corrected chi connectivity index (χ2v) is 5.60. The van der Waals surface area contributed by atoms with Gasteiger partial charge in [-0.3, -0.25) is 4.79 Å². The predicted octanol–water partition coefficient (Wildman–Crippen LogP) is 3.84. The number of aromatic hydroxyl groups is 1. The lowest BCUT2D eigenvalue weighted by Crippen LogP contribution is -2.03. The lowest BCUT2D eigenvalue weighted by molar-refractivity contribution is 0.324. The van der Waals surface area contributed by atoms with E-state index in [1.54, 1.807) is 24.3 Å². The molecule has 0 amide bonds. The van der Waals surface area contributed by atoms with Crippen LogP contribution in [0.15, 0.2) is 39.5 Å². The van der Waals surface area contributed by atoms with Crippen LogP contribution in [0.5, 0.6) is 23.0 Å². The van der Waals surface area contributed by atoms with Gasteiger partial charge in [-0.1, -0.05) is 11.6 Å². The summed E-state index contributed by atoms with van der Waals surface area (Å²) in [5.74, 6) is 0.608. The number of halogens is 1. The van der Waals surface area contributed by atoms with Crippen molar-refractivity contribution in [2.24, 2.45) is 0 Å². The first kappa shape index (κ1) is 17.0. The molecule has 25 heavy (non-hydrogen) atoms. The molecule has 0 bridgehead atoms. The SMILES string of the molecule is COc1cc(-c2oc3ccc(Cl)cc3c(=O)c2O)cc(OC)c1OC. The number of benzene rings is 2. The molecule has 6 nitrogen and oxygen atoms in total. The zero-order valence-electron chi connectivity index (χ0n) is 13.8. The van der Waals surface area contributed by atoms with Crippen molar-refractivity contribution < 1.29 is 23.7 Å². The molecule has 7 heteroatoms. The van der Waals surface area contributed by atoms with Crippen LogP contribution in [0.1, 0.15) is 0 Å². The average molecular weight is 363 g/mol. The number of ether oxygens (including phenoxy) is 3. The highest BCUT2D eigenvalue weighted by Gasteiger charge is 2.20. The van der Waals surface area contributed by atoms with Crippen molar-refractivity contribution in [3.8, 4) is 34.3 Å². The van der Waals surface area contributed by atoms with Crippen LogP contribution >= 0.6 is 11.6 Å². The van der Waals surface area contributed by atoms with Gasteiger partial charge in [0.05, 0.1) is 26.7 Å². The summed E-state index contributed by atoms with van der Waals surface area (Å²) in [6.45, 7) is 0. The van der Waals surface area contributed by atoms with Crippen LogP contribution in [-0.4, -0.2) is 26.4 Å². The summed E-state index contributed by atoms with van der Waals surface area (Å²) in [7, 11) is 4.43. The largest absolute Gasteiger partial charge is 0.502 e. The van der Waals surface area contributed by atoms with Crippen LogP contribution in [0.4, 0.5) is 0 Å². The minimum absolute atomic E-state index is 0.000856. The minimum atomic E-state index is -0.576. The maximum atomic E-state index is 12.5. The highest BCUT2D eigenvalue weighted by molar-refractivity contribution is 6.31. The van der Waals surface area contributed by atoms with Crippen molar-refractivity contribution in [2.45, 2.75) is 0 Å². The first-order chi connectivity index (χ1) is 12.0. The van der Waals surface area contributed by atoms with Gasteiger partial charge in [0.2, 0.25) is 16.9 Å². The first-order valence-electron chi connectivity index (χ1n) is 7.25. The van der Waals surface area contributed by atoms with E-state index in [2.05, 4.69) is 0 Å². The molecule has 1 N–H and O–H groups in total. The summed E-state index contributed by atoms with van der Waals surface area (Å²) in [5, 5.41) is 10.9. The molecule has 0 atom stereocenters. The standard InChI is InChI=1S/C18H15ClO6/c1-22-13-6-9(7-14(23-2)18(13)24-3)17-16(21)15(20)11-8-10(19)4-5-12(11)25-17/h4-8,21H,1-3H3. The first-order valence-corrected chi connectivity index (χ1v) is 7.63. The topological polar surface area (TPSA) is 78.1 Å². The second-order valence-electron chi connectivity index (χ2n) is 5.16. The Bertz CT molecular complexity index is 983. The molecular formula is C18H15ClO6. The van der Waals surface area contributed by atoms with Crippen LogP contribution in [0.3, 0.4) is 0 Å². The molecule has 0 unspecified atom stereocenters. The van der Waals surface area contributed by atoms with Crippen LogP contribution in [0.2, 0.25) is 5.02 Å². The van der Waals surface area contributed by atoms with Crippen molar-refractivity contribution in [1.29, 1.82) is 0 Å². The number of methoxy groups -OCH3 is 3. The van der Waals surface area contributed by atoms with Crippen LogP contribution < -0.4 is 19.6 Å². The summed E-state index contributed by atoms with van der Waals surface area (Å²) in [6, 6.07) is 7.78. The van der Waals surface area contributed by atoms with Crippen LogP contribution in [0.25, 0.3) is 22.3 Å².